The summed E-state index contributed by atoms with van der Waals surface area (Å²) >= 11 is 0. The number of hydrogen-bond donors (Lipinski definition) is 1. The molecule has 2 aromatic heterocycles. The van der Waals surface area contributed by atoms with Gasteiger partial charge in [0.1, 0.15) is 11.6 Å². The number of aromatic nitrogens is 3. The Bertz CT molecular complexity index is 1340. The topological polar surface area (TPSA) is 101 Å². The minimum absolute atomic E-state index is 0.131. The maximum Gasteiger partial charge on any atom is 0.493 e. The van der Waals surface area contributed by atoms with Gasteiger partial charge in [-0.3, -0.25) is 4.79 Å². The van der Waals surface area contributed by atoms with E-state index in [9.17, 15) is 22.8 Å². The molecular formula is C25H27F3N6O4. The number of anilines is 1. The first-order valence-electron chi connectivity index (χ1n) is 12.3. The van der Waals surface area contributed by atoms with Gasteiger partial charge in [0, 0.05) is 55.3 Å². The van der Waals surface area contributed by atoms with Crippen molar-refractivity contribution in [3.8, 4) is 17.1 Å². The Morgan fingerprint density at radius 2 is 1.89 bits per heavy atom. The molecule has 2 aliphatic rings. The number of piperazine rings is 1. The van der Waals surface area contributed by atoms with Gasteiger partial charge in [-0.1, -0.05) is 12.1 Å². The minimum Gasteiger partial charge on any atom is -0.473 e. The molecule has 1 N–H and O–H groups in total. The van der Waals surface area contributed by atoms with E-state index in [4.69, 9.17) is 9.72 Å². The predicted molar refractivity (Wildman–Crippen MR) is 130 cm³/mol. The van der Waals surface area contributed by atoms with Crippen molar-refractivity contribution in [1.29, 1.82) is 0 Å². The Labute approximate surface area is 216 Å². The smallest absolute Gasteiger partial charge is 0.473 e. The maximum absolute atomic E-state index is 12.6. The molecule has 1 amide bonds. The van der Waals surface area contributed by atoms with Gasteiger partial charge in [-0.2, -0.15) is 23.3 Å². The summed E-state index contributed by atoms with van der Waals surface area (Å²) in [7, 11) is 0. The van der Waals surface area contributed by atoms with Crippen molar-refractivity contribution in [1.82, 2.24) is 25.0 Å². The van der Waals surface area contributed by atoms with Crippen LogP contribution in [-0.4, -0.2) is 76.5 Å². The first-order valence-corrected chi connectivity index (χ1v) is 12.3. The number of carbonyl (C=O) groups excluding carboxylic acids is 2. The van der Waals surface area contributed by atoms with Crippen LogP contribution in [0.3, 0.4) is 0 Å². The summed E-state index contributed by atoms with van der Waals surface area (Å²) < 4.78 is 45.5. The van der Waals surface area contributed by atoms with E-state index < -0.39 is 30.1 Å². The van der Waals surface area contributed by atoms with Gasteiger partial charge in [-0.25, -0.2) is 14.3 Å². The molecule has 13 heteroatoms. The van der Waals surface area contributed by atoms with Crippen molar-refractivity contribution >= 4 is 23.1 Å². The van der Waals surface area contributed by atoms with Crippen molar-refractivity contribution in [3.63, 3.8) is 0 Å². The second-order valence-electron chi connectivity index (χ2n) is 9.45. The molecule has 2 atom stereocenters. The van der Waals surface area contributed by atoms with Crippen LogP contribution in [0.4, 0.5) is 18.9 Å². The zero-order valence-corrected chi connectivity index (χ0v) is 20.9. The molecule has 10 nitrogen and oxygen atoms in total. The van der Waals surface area contributed by atoms with Gasteiger partial charge in [0.15, 0.2) is 0 Å². The van der Waals surface area contributed by atoms with Crippen LogP contribution in [0.15, 0.2) is 36.7 Å². The van der Waals surface area contributed by atoms with Crippen LogP contribution in [-0.2, 0) is 14.4 Å². The number of ether oxygens (including phenoxy) is 1. The van der Waals surface area contributed by atoms with Gasteiger partial charge in [-0.15, -0.1) is 0 Å². The second kappa shape index (κ2) is 10.1. The van der Waals surface area contributed by atoms with Crippen LogP contribution in [0.1, 0.15) is 18.9 Å². The molecule has 0 unspecified atom stereocenters. The maximum atomic E-state index is 12.6. The number of rotatable bonds is 6. The lowest BCUT2D eigenvalue weighted by molar-refractivity contribution is -0.234. The monoisotopic (exact) mass is 532 g/mol. The van der Waals surface area contributed by atoms with E-state index >= 15 is 0 Å². The molecule has 0 saturated carbocycles. The van der Waals surface area contributed by atoms with E-state index in [1.54, 1.807) is 23.8 Å². The van der Waals surface area contributed by atoms with Crippen molar-refractivity contribution < 1.29 is 32.3 Å². The highest BCUT2D eigenvalue weighted by atomic mass is 19.4. The van der Waals surface area contributed by atoms with Gasteiger partial charge < -0.3 is 19.8 Å². The predicted octanol–water partition coefficient (Wildman–Crippen LogP) is 2.75. The highest BCUT2D eigenvalue weighted by molar-refractivity contribution is 5.81. The summed E-state index contributed by atoms with van der Waals surface area (Å²) in [6.07, 6.45) is -2.46. The fourth-order valence-corrected chi connectivity index (χ4v) is 4.64. The standard InChI is InChI=1S/C25H27F3N6O4/c1-15-12-30-33-14-20(17-3-5-19(6-4-17)32-9-7-29-8-10-32)31-23(22(15)33)37-16(2)18-11-21(35)34(13-18)38-24(36)25(26,27)28/h3-6,12,14,16,18,29H,7-11,13H2,1-2H3/t16-,18-/m1/s1. The molecule has 2 aliphatic heterocycles. The third-order valence-electron chi connectivity index (χ3n) is 6.79. The summed E-state index contributed by atoms with van der Waals surface area (Å²) in [5, 5.41) is 8.18. The van der Waals surface area contributed by atoms with Crippen LogP contribution < -0.4 is 15.0 Å². The van der Waals surface area contributed by atoms with Crippen LogP contribution in [0, 0.1) is 12.8 Å². The van der Waals surface area contributed by atoms with E-state index in [2.05, 4.69) is 20.2 Å². The Kier molecular flexibility index (Phi) is 6.86. The quantitative estimate of drug-likeness (QED) is 0.517. The van der Waals surface area contributed by atoms with Crippen molar-refractivity contribution in [2.45, 2.75) is 32.5 Å². The van der Waals surface area contributed by atoms with E-state index in [0.29, 0.717) is 16.3 Å². The third kappa shape index (κ3) is 5.23. The first kappa shape index (κ1) is 25.8. The average Bonchev–Trinajstić information content (AvgIpc) is 3.46. The lowest BCUT2D eigenvalue weighted by Gasteiger charge is -2.29. The molecule has 0 bridgehead atoms. The van der Waals surface area contributed by atoms with Crippen LogP contribution in [0.5, 0.6) is 5.88 Å². The molecule has 4 heterocycles. The van der Waals surface area contributed by atoms with Crippen LogP contribution in [0.25, 0.3) is 16.8 Å². The molecule has 202 valence electrons. The number of aryl methyl sites for hydroxylation is 1. The number of fused-ring (bicyclic) bond motifs is 1. The normalized spacial score (nSPS) is 19.2. The Balaban J connectivity index is 1.35. The Morgan fingerprint density at radius 1 is 1.18 bits per heavy atom. The zero-order valence-electron chi connectivity index (χ0n) is 20.9. The van der Waals surface area contributed by atoms with Crippen molar-refractivity contribution in [2.24, 2.45) is 5.92 Å². The van der Waals surface area contributed by atoms with E-state index in [0.717, 1.165) is 43.0 Å². The van der Waals surface area contributed by atoms with Crippen molar-refractivity contribution in [2.75, 3.05) is 37.6 Å². The molecule has 38 heavy (non-hydrogen) atoms. The minimum atomic E-state index is -5.20. The molecular weight excluding hydrogens is 505 g/mol. The molecule has 3 aromatic rings. The van der Waals surface area contributed by atoms with Gasteiger partial charge in [0.05, 0.1) is 24.6 Å². The number of hydroxylamine groups is 2. The number of halogens is 3. The Morgan fingerprint density at radius 3 is 2.58 bits per heavy atom. The lowest BCUT2D eigenvalue weighted by Crippen LogP contribution is -2.43. The average molecular weight is 533 g/mol. The van der Waals surface area contributed by atoms with E-state index in [-0.39, 0.29) is 18.8 Å². The molecule has 1 aromatic carbocycles. The summed E-state index contributed by atoms with van der Waals surface area (Å²) in [5.41, 5.74) is 4.07. The number of alkyl halides is 3. The Hall–Kier alpha value is -3.87. The number of nitrogens with one attached hydrogen (secondary N) is 1. The van der Waals surface area contributed by atoms with Crippen LogP contribution in [0.2, 0.25) is 0 Å². The summed E-state index contributed by atoms with van der Waals surface area (Å²) in [6, 6.07) is 8.06. The molecule has 2 saturated heterocycles. The van der Waals surface area contributed by atoms with E-state index in [1.807, 2.05) is 31.2 Å². The molecule has 0 spiro atoms. The zero-order chi connectivity index (χ0) is 27.0. The number of carbonyl (C=O) groups is 2. The molecule has 0 radical (unpaired) electrons. The largest absolute Gasteiger partial charge is 0.493 e. The van der Waals surface area contributed by atoms with Gasteiger partial charge in [0.2, 0.25) is 5.88 Å². The lowest BCUT2D eigenvalue weighted by atomic mass is 10.0. The first-order chi connectivity index (χ1) is 18.1. The fraction of sp³-hybridized carbons (Fsp3) is 0.440. The van der Waals surface area contributed by atoms with Gasteiger partial charge >= 0.3 is 12.1 Å². The number of benzene rings is 1. The summed E-state index contributed by atoms with van der Waals surface area (Å²) in [4.78, 5) is 34.7. The molecule has 2 fully saturated rings. The number of amides is 1. The van der Waals surface area contributed by atoms with Crippen molar-refractivity contribution in [3.05, 3.63) is 42.2 Å². The molecule has 0 aliphatic carbocycles. The third-order valence-corrected chi connectivity index (χ3v) is 6.79. The van der Waals surface area contributed by atoms with E-state index in [1.165, 1.54) is 0 Å². The fourth-order valence-electron chi connectivity index (χ4n) is 4.64. The highest BCUT2D eigenvalue weighted by Gasteiger charge is 2.45. The van der Waals surface area contributed by atoms with Gasteiger partial charge in [0.25, 0.3) is 5.91 Å². The number of hydrogen-bond acceptors (Lipinski definition) is 8. The molecule has 5 rings (SSSR count). The second-order valence-corrected chi connectivity index (χ2v) is 9.45. The summed E-state index contributed by atoms with van der Waals surface area (Å²) in [5.74, 6) is -3.39. The van der Waals surface area contributed by atoms with Gasteiger partial charge in [-0.05, 0) is 26.0 Å². The van der Waals surface area contributed by atoms with Crippen LogP contribution >= 0.6 is 0 Å². The number of nitrogens with zero attached hydrogens (tertiary/aromatic N) is 5. The summed E-state index contributed by atoms with van der Waals surface area (Å²) in [6.45, 7) is 7.08. The SMILES string of the molecule is Cc1cnn2cc(-c3ccc(N4CCNCC4)cc3)nc(O[C@H](C)[C@@H]3CC(=O)N(OC(=O)C(F)(F)F)C3)c12. The highest BCUT2D eigenvalue weighted by Crippen LogP contribution is 2.31.